The molecule has 0 unspecified atom stereocenters. The topological polar surface area (TPSA) is 66.8 Å². The first-order valence-electron chi connectivity index (χ1n) is 6.33. The van der Waals surface area contributed by atoms with Gasteiger partial charge in [-0.05, 0) is 12.8 Å². The first kappa shape index (κ1) is 16.7. The van der Waals surface area contributed by atoms with Gasteiger partial charge < -0.3 is 14.7 Å². The largest absolute Gasteiger partial charge is 0.481 e. The fourth-order valence-corrected chi connectivity index (χ4v) is 2.27. The van der Waals surface area contributed by atoms with Crippen LogP contribution in [0.4, 0.5) is 13.2 Å². The van der Waals surface area contributed by atoms with Crippen molar-refractivity contribution in [2.45, 2.75) is 25.4 Å². The van der Waals surface area contributed by atoms with Crippen LogP contribution in [0, 0.1) is 11.8 Å². The standard InChI is InChI=1S/C12H18F3NO4/c1-20-5-3-2-4-10(17)16-6-8(11(18)19)9(7-16)12(13,14)15/h8-9H,2-7H2,1H3,(H,18,19)/t8-,9-/m1/s1. The highest BCUT2D eigenvalue weighted by molar-refractivity contribution is 5.79. The number of aliphatic carboxylic acids is 1. The Morgan fingerprint density at radius 2 is 1.95 bits per heavy atom. The Bertz CT molecular complexity index is 359. The van der Waals surface area contributed by atoms with Crippen LogP contribution in [-0.4, -0.2) is 54.9 Å². The maximum absolute atomic E-state index is 12.7. The number of carbonyl (C=O) groups excluding carboxylic acids is 1. The third-order valence-electron chi connectivity index (χ3n) is 3.40. The third-order valence-corrected chi connectivity index (χ3v) is 3.40. The van der Waals surface area contributed by atoms with Crippen molar-refractivity contribution in [1.29, 1.82) is 0 Å². The Kier molecular flexibility index (Phi) is 5.79. The molecule has 1 heterocycles. The van der Waals surface area contributed by atoms with Crippen LogP contribution in [0.5, 0.6) is 0 Å². The van der Waals surface area contributed by atoms with Crippen molar-refractivity contribution in [2.24, 2.45) is 11.8 Å². The third kappa shape index (κ3) is 4.36. The van der Waals surface area contributed by atoms with Crippen molar-refractivity contribution in [2.75, 3.05) is 26.8 Å². The van der Waals surface area contributed by atoms with E-state index in [0.29, 0.717) is 19.4 Å². The molecule has 1 rings (SSSR count). The van der Waals surface area contributed by atoms with Gasteiger partial charge in [0.1, 0.15) is 0 Å². The van der Waals surface area contributed by atoms with Crippen LogP contribution in [0.1, 0.15) is 19.3 Å². The van der Waals surface area contributed by atoms with Crippen molar-refractivity contribution in [1.82, 2.24) is 4.90 Å². The van der Waals surface area contributed by atoms with Crippen molar-refractivity contribution in [3.8, 4) is 0 Å². The Morgan fingerprint density at radius 3 is 2.40 bits per heavy atom. The predicted molar refractivity (Wildman–Crippen MR) is 63.0 cm³/mol. The van der Waals surface area contributed by atoms with Gasteiger partial charge in [-0.3, -0.25) is 9.59 Å². The number of carboxylic acid groups (broad SMARTS) is 1. The SMILES string of the molecule is COCCCCC(=O)N1C[C@@H](C(F)(F)F)[C@H](C(=O)O)C1. The molecule has 1 saturated heterocycles. The number of hydrogen-bond acceptors (Lipinski definition) is 3. The van der Waals surface area contributed by atoms with E-state index in [9.17, 15) is 22.8 Å². The summed E-state index contributed by atoms with van der Waals surface area (Å²) in [6.45, 7) is -0.456. The minimum Gasteiger partial charge on any atom is -0.481 e. The molecule has 2 atom stereocenters. The summed E-state index contributed by atoms with van der Waals surface area (Å²) in [6, 6.07) is 0. The molecule has 1 N–H and O–H groups in total. The molecule has 1 aliphatic rings. The van der Waals surface area contributed by atoms with Crippen LogP contribution in [0.2, 0.25) is 0 Å². The lowest BCUT2D eigenvalue weighted by atomic mass is 9.96. The van der Waals surface area contributed by atoms with E-state index >= 15 is 0 Å². The average Bonchev–Trinajstić information content (AvgIpc) is 2.79. The van der Waals surface area contributed by atoms with Gasteiger partial charge in [-0.25, -0.2) is 0 Å². The number of carbonyl (C=O) groups is 2. The van der Waals surface area contributed by atoms with E-state index in [-0.39, 0.29) is 13.0 Å². The molecule has 0 aromatic heterocycles. The summed E-state index contributed by atoms with van der Waals surface area (Å²) < 4.78 is 43.0. The van der Waals surface area contributed by atoms with Gasteiger partial charge in [0.25, 0.3) is 0 Å². The molecule has 1 fully saturated rings. The lowest BCUT2D eigenvalue weighted by molar-refractivity contribution is -0.188. The Balaban J connectivity index is 2.57. The normalized spacial score (nSPS) is 23.1. The summed E-state index contributed by atoms with van der Waals surface area (Å²) in [6.07, 6.45) is -3.34. The molecule has 20 heavy (non-hydrogen) atoms. The first-order chi connectivity index (χ1) is 9.27. The van der Waals surface area contributed by atoms with Crippen molar-refractivity contribution >= 4 is 11.9 Å². The second-order valence-electron chi connectivity index (χ2n) is 4.84. The monoisotopic (exact) mass is 297 g/mol. The summed E-state index contributed by atoms with van der Waals surface area (Å²) in [5, 5.41) is 8.84. The fourth-order valence-electron chi connectivity index (χ4n) is 2.27. The zero-order valence-electron chi connectivity index (χ0n) is 11.2. The molecular formula is C12H18F3NO4. The van der Waals surface area contributed by atoms with Crippen molar-refractivity contribution in [3.63, 3.8) is 0 Å². The molecule has 5 nitrogen and oxygen atoms in total. The number of alkyl halides is 3. The molecule has 116 valence electrons. The lowest BCUT2D eigenvalue weighted by Gasteiger charge is -2.18. The van der Waals surface area contributed by atoms with Gasteiger partial charge in [0.15, 0.2) is 0 Å². The van der Waals surface area contributed by atoms with Gasteiger partial charge in [0.05, 0.1) is 11.8 Å². The number of carboxylic acids is 1. The molecule has 8 heteroatoms. The van der Waals surface area contributed by atoms with E-state index in [4.69, 9.17) is 9.84 Å². The second kappa shape index (κ2) is 6.92. The summed E-state index contributed by atoms with van der Waals surface area (Å²) in [4.78, 5) is 23.6. The Labute approximate surface area is 114 Å². The molecule has 0 aromatic carbocycles. The van der Waals surface area contributed by atoms with E-state index in [2.05, 4.69) is 0 Å². The molecule has 0 radical (unpaired) electrons. The molecule has 0 bridgehead atoms. The Hall–Kier alpha value is -1.31. The highest BCUT2D eigenvalue weighted by Crippen LogP contribution is 2.37. The van der Waals surface area contributed by atoms with E-state index in [0.717, 1.165) is 4.90 Å². The van der Waals surface area contributed by atoms with Gasteiger partial charge >= 0.3 is 12.1 Å². The maximum Gasteiger partial charge on any atom is 0.394 e. The Morgan fingerprint density at radius 1 is 1.30 bits per heavy atom. The van der Waals surface area contributed by atoms with Crippen molar-refractivity contribution in [3.05, 3.63) is 0 Å². The molecule has 0 aliphatic carbocycles. The number of methoxy groups -OCH3 is 1. The number of nitrogens with zero attached hydrogens (tertiary/aromatic N) is 1. The van der Waals surface area contributed by atoms with Crippen LogP contribution < -0.4 is 0 Å². The number of ether oxygens (including phenoxy) is 1. The predicted octanol–water partition coefficient (Wildman–Crippen LogP) is 1.52. The second-order valence-corrected chi connectivity index (χ2v) is 4.84. The molecule has 1 amide bonds. The lowest BCUT2D eigenvalue weighted by Crippen LogP contribution is -2.34. The molecule has 0 spiro atoms. The minimum absolute atomic E-state index is 0.111. The van der Waals surface area contributed by atoms with Crippen molar-refractivity contribution < 1.29 is 32.6 Å². The number of unbranched alkanes of at least 4 members (excludes halogenated alkanes) is 1. The first-order valence-corrected chi connectivity index (χ1v) is 6.33. The molecular weight excluding hydrogens is 279 g/mol. The quantitative estimate of drug-likeness (QED) is 0.755. The summed E-state index contributed by atoms with van der Waals surface area (Å²) in [7, 11) is 1.52. The van der Waals surface area contributed by atoms with Gasteiger partial charge in [-0.15, -0.1) is 0 Å². The van der Waals surface area contributed by atoms with Crippen LogP contribution in [0.3, 0.4) is 0 Å². The van der Waals surface area contributed by atoms with Gasteiger partial charge in [-0.1, -0.05) is 0 Å². The van der Waals surface area contributed by atoms with Gasteiger partial charge in [-0.2, -0.15) is 13.2 Å². The van der Waals surface area contributed by atoms with Crippen LogP contribution in [0.15, 0.2) is 0 Å². The van der Waals surface area contributed by atoms with Crippen LogP contribution >= 0.6 is 0 Å². The zero-order chi connectivity index (χ0) is 15.3. The van der Waals surface area contributed by atoms with Gasteiger partial charge in [0, 0.05) is 33.2 Å². The molecule has 0 saturated carbocycles. The summed E-state index contributed by atoms with van der Waals surface area (Å²) in [5.74, 6) is -5.50. The maximum atomic E-state index is 12.7. The molecule has 0 aromatic rings. The van der Waals surface area contributed by atoms with Gasteiger partial charge in [0.2, 0.25) is 5.91 Å². The number of hydrogen-bond donors (Lipinski definition) is 1. The minimum atomic E-state index is -4.60. The highest BCUT2D eigenvalue weighted by Gasteiger charge is 2.53. The number of rotatable bonds is 6. The van der Waals surface area contributed by atoms with E-state index < -0.39 is 36.4 Å². The van der Waals surface area contributed by atoms with Crippen LogP contribution in [-0.2, 0) is 14.3 Å². The summed E-state index contributed by atoms with van der Waals surface area (Å²) >= 11 is 0. The zero-order valence-corrected chi connectivity index (χ0v) is 11.2. The van der Waals surface area contributed by atoms with E-state index in [1.165, 1.54) is 7.11 Å². The van der Waals surface area contributed by atoms with Crippen LogP contribution in [0.25, 0.3) is 0 Å². The van der Waals surface area contributed by atoms with E-state index in [1.807, 2.05) is 0 Å². The average molecular weight is 297 g/mol. The highest BCUT2D eigenvalue weighted by atomic mass is 19.4. The summed E-state index contributed by atoms with van der Waals surface area (Å²) in [5.41, 5.74) is 0. The van der Waals surface area contributed by atoms with E-state index in [1.54, 1.807) is 0 Å². The number of halogens is 3. The smallest absolute Gasteiger partial charge is 0.394 e. The molecule has 1 aliphatic heterocycles. The fraction of sp³-hybridized carbons (Fsp3) is 0.833. The number of amides is 1. The number of likely N-dealkylation sites (tertiary alicyclic amines) is 1.